The van der Waals surface area contributed by atoms with E-state index in [9.17, 15) is 0 Å². The summed E-state index contributed by atoms with van der Waals surface area (Å²) in [5.74, 6) is 0. The number of nitriles is 1. The van der Waals surface area contributed by atoms with E-state index in [0.717, 1.165) is 5.56 Å². The van der Waals surface area contributed by atoms with Crippen LogP contribution in [0.4, 0.5) is 0 Å². The van der Waals surface area contributed by atoms with Crippen molar-refractivity contribution in [3.63, 3.8) is 0 Å². The number of hydrogen-bond acceptors (Lipinski definition) is 1. The van der Waals surface area contributed by atoms with Crippen LogP contribution in [0, 0.1) is 11.3 Å². The molecule has 14 heavy (non-hydrogen) atoms. The number of hydrogen-bond donors (Lipinski definition) is 0. The second kappa shape index (κ2) is 4.30. The lowest BCUT2D eigenvalue weighted by Gasteiger charge is -2.05. The van der Waals surface area contributed by atoms with Crippen LogP contribution in [-0.2, 0) is 0 Å². The molecule has 0 aliphatic carbocycles. The summed E-state index contributed by atoms with van der Waals surface area (Å²) in [6.45, 7) is 6.12. The highest BCUT2D eigenvalue weighted by Gasteiger charge is 2.02. The van der Waals surface area contributed by atoms with Crippen LogP contribution in [0.1, 0.15) is 31.9 Å². The molecule has 0 heterocycles. The van der Waals surface area contributed by atoms with Crippen molar-refractivity contribution in [1.82, 2.24) is 0 Å². The Balaban J connectivity index is 3.32. The van der Waals surface area contributed by atoms with E-state index >= 15 is 0 Å². The highest BCUT2D eigenvalue weighted by Crippen LogP contribution is 2.23. The van der Waals surface area contributed by atoms with E-state index in [4.69, 9.17) is 16.9 Å². The van der Waals surface area contributed by atoms with Crippen LogP contribution in [0.15, 0.2) is 23.8 Å². The average Bonchev–Trinajstić information content (AvgIpc) is 2.15. The van der Waals surface area contributed by atoms with E-state index in [0.29, 0.717) is 10.6 Å². The first kappa shape index (κ1) is 10.8. The zero-order valence-corrected chi connectivity index (χ0v) is 9.31. The second-order valence-electron chi connectivity index (χ2n) is 3.47. The zero-order chi connectivity index (χ0) is 10.7. The maximum Gasteiger partial charge on any atom is 0.0992 e. The lowest BCUT2D eigenvalue weighted by atomic mass is 10.0. The molecule has 1 aromatic rings. The van der Waals surface area contributed by atoms with Crippen LogP contribution in [0.2, 0.25) is 5.02 Å². The summed E-state index contributed by atoms with van der Waals surface area (Å²) in [5, 5.41) is 9.39. The van der Waals surface area contributed by atoms with Gasteiger partial charge in [0, 0.05) is 5.02 Å². The summed E-state index contributed by atoms with van der Waals surface area (Å²) >= 11 is 5.90. The zero-order valence-electron chi connectivity index (χ0n) is 8.56. The quantitative estimate of drug-likeness (QED) is 0.679. The fourth-order valence-corrected chi connectivity index (χ4v) is 1.39. The van der Waals surface area contributed by atoms with Crippen molar-refractivity contribution in [2.75, 3.05) is 0 Å². The van der Waals surface area contributed by atoms with Gasteiger partial charge in [0.25, 0.3) is 0 Å². The topological polar surface area (TPSA) is 23.8 Å². The van der Waals surface area contributed by atoms with Crippen molar-refractivity contribution in [3.8, 4) is 6.07 Å². The lowest BCUT2D eigenvalue weighted by molar-refractivity contribution is 1.36. The summed E-state index contributed by atoms with van der Waals surface area (Å²) in [6, 6.07) is 7.50. The Bertz CT molecular complexity index is 420. The molecule has 0 aromatic heterocycles. The van der Waals surface area contributed by atoms with E-state index < -0.39 is 0 Å². The van der Waals surface area contributed by atoms with Crippen LogP contribution in [-0.4, -0.2) is 0 Å². The molecule has 0 unspecified atom stereocenters. The molecular weight excluding hydrogens is 194 g/mol. The molecule has 0 atom stereocenters. The first-order valence-corrected chi connectivity index (χ1v) is 4.77. The number of allylic oxidation sites excluding steroid dienone is 2. The molecule has 72 valence electrons. The van der Waals surface area contributed by atoms with Crippen molar-refractivity contribution in [2.45, 2.75) is 20.8 Å². The molecule has 0 spiro atoms. The summed E-state index contributed by atoms with van der Waals surface area (Å²) in [6.07, 6.45) is 0. The molecule has 0 amide bonds. The van der Waals surface area contributed by atoms with Crippen molar-refractivity contribution in [1.29, 1.82) is 5.26 Å². The number of nitrogens with zero attached hydrogens (tertiary/aromatic N) is 1. The van der Waals surface area contributed by atoms with Gasteiger partial charge in [0.2, 0.25) is 0 Å². The Morgan fingerprint density at radius 1 is 1.21 bits per heavy atom. The van der Waals surface area contributed by atoms with Gasteiger partial charge in [0.1, 0.15) is 0 Å². The monoisotopic (exact) mass is 205 g/mol. The minimum Gasteiger partial charge on any atom is -0.192 e. The molecule has 0 N–H and O–H groups in total. The Morgan fingerprint density at radius 2 is 1.86 bits per heavy atom. The lowest BCUT2D eigenvalue weighted by Crippen LogP contribution is -1.85. The third-order valence-corrected chi connectivity index (χ3v) is 2.43. The number of rotatable bonds is 1. The molecule has 0 fully saturated rings. The van der Waals surface area contributed by atoms with Crippen molar-refractivity contribution >= 4 is 17.2 Å². The van der Waals surface area contributed by atoms with Gasteiger partial charge in [0.05, 0.1) is 11.6 Å². The predicted octanol–water partition coefficient (Wildman–Crippen LogP) is 4.02. The molecule has 2 heteroatoms. The average molecular weight is 206 g/mol. The van der Waals surface area contributed by atoms with Gasteiger partial charge >= 0.3 is 0 Å². The van der Waals surface area contributed by atoms with Crippen molar-refractivity contribution < 1.29 is 0 Å². The maximum absolute atomic E-state index is 8.78. The van der Waals surface area contributed by atoms with E-state index in [1.165, 1.54) is 11.1 Å². The normalized spacial score (nSPS) is 9.36. The molecule has 0 aliphatic heterocycles. The highest BCUT2D eigenvalue weighted by molar-refractivity contribution is 6.30. The molecule has 0 aliphatic rings. The van der Waals surface area contributed by atoms with E-state index in [2.05, 4.69) is 6.07 Å². The summed E-state index contributed by atoms with van der Waals surface area (Å²) < 4.78 is 0. The minimum atomic E-state index is 0.605. The Kier molecular flexibility index (Phi) is 3.33. The van der Waals surface area contributed by atoms with Crippen LogP contribution < -0.4 is 0 Å². The van der Waals surface area contributed by atoms with E-state index in [1.54, 1.807) is 6.07 Å². The third kappa shape index (κ3) is 2.37. The van der Waals surface area contributed by atoms with Gasteiger partial charge in [-0.2, -0.15) is 5.26 Å². The molecule has 0 saturated carbocycles. The molecular formula is C12H12ClN. The van der Waals surface area contributed by atoms with E-state index in [-0.39, 0.29) is 0 Å². The molecule has 1 aromatic carbocycles. The smallest absolute Gasteiger partial charge is 0.0992 e. The van der Waals surface area contributed by atoms with Crippen molar-refractivity contribution in [2.24, 2.45) is 0 Å². The Labute approximate surface area is 89.6 Å². The standard InChI is InChI=1S/C12H12ClN/c1-8(2)9(3)11-4-10(7-14)5-12(13)6-11/h4-6H,1-3H3. The predicted molar refractivity (Wildman–Crippen MR) is 60.1 cm³/mol. The Morgan fingerprint density at radius 3 is 2.36 bits per heavy atom. The third-order valence-electron chi connectivity index (χ3n) is 2.21. The summed E-state index contributed by atoms with van der Waals surface area (Å²) in [4.78, 5) is 0. The molecule has 0 radical (unpaired) electrons. The van der Waals surface area contributed by atoms with Gasteiger partial charge in [-0.1, -0.05) is 17.2 Å². The van der Waals surface area contributed by atoms with Gasteiger partial charge < -0.3 is 0 Å². The van der Waals surface area contributed by atoms with Crippen LogP contribution in [0.5, 0.6) is 0 Å². The molecule has 1 rings (SSSR count). The van der Waals surface area contributed by atoms with Gasteiger partial charge in [0.15, 0.2) is 0 Å². The minimum absolute atomic E-state index is 0.605. The molecule has 1 nitrogen and oxygen atoms in total. The van der Waals surface area contributed by atoms with Crippen molar-refractivity contribution in [3.05, 3.63) is 39.9 Å². The van der Waals surface area contributed by atoms with Gasteiger partial charge in [-0.15, -0.1) is 0 Å². The second-order valence-corrected chi connectivity index (χ2v) is 3.90. The highest BCUT2D eigenvalue weighted by atomic mass is 35.5. The van der Waals surface area contributed by atoms with Crippen LogP contribution >= 0.6 is 11.6 Å². The first-order valence-electron chi connectivity index (χ1n) is 4.39. The summed E-state index contributed by atoms with van der Waals surface area (Å²) in [7, 11) is 0. The van der Waals surface area contributed by atoms with Crippen LogP contribution in [0.3, 0.4) is 0 Å². The van der Waals surface area contributed by atoms with E-state index in [1.807, 2.05) is 32.9 Å². The SMILES string of the molecule is CC(C)=C(C)c1cc(Cl)cc(C#N)c1. The Hall–Kier alpha value is -1.26. The summed E-state index contributed by atoms with van der Waals surface area (Å²) in [5.41, 5.74) is 4.03. The first-order chi connectivity index (χ1) is 6.54. The number of halogens is 1. The molecule has 0 saturated heterocycles. The number of benzene rings is 1. The fraction of sp³-hybridized carbons (Fsp3) is 0.250. The largest absolute Gasteiger partial charge is 0.192 e. The van der Waals surface area contributed by atoms with Gasteiger partial charge in [-0.05, 0) is 50.1 Å². The molecule has 0 bridgehead atoms. The maximum atomic E-state index is 8.78. The van der Waals surface area contributed by atoms with Gasteiger partial charge in [-0.3, -0.25) is 0 Å². The van der Waals surface area contributed by atoms with Gasteiger partial charge in [-0.25, -0.2) is 0 Å². The fourth-order valence-electron chi connectivity index (χ4n) is 1.16. The van der Waals surface area contributed by atoms with Crippen LogP contribution in [0.25, 0.3) is 5.57 Å².